The summed E-state index contributed by atoms with van der Waals surface area (Å²) in [5.74, 6) is 1.80. The molecule has 1 saturated heterocycles. The Hall–Kier alpha value is -2.89. The van der Waals surface area contributed by atoms with Gasteiger partial charge < -0.3 is 14.6 Å². The molecule has 0 spiro atoms. The number of hydrogen-bond donors (Lipinski definition) is 1. The first-order valence-electron chi connectivity index (χ1n) is 8.56. The molecule has 128 valence electrons. The van der Waals surface area contributed by atoms with Gasteiger partial charge in [0, 0.05) is 19.0 Å². The highest BCUT2D eigenvalue weighted by Gasteiger charge is 2.25. The molecule has 2 aromatic heterocycles. The van der Waals surface area contributed by atoms with E-state index in [4.69, 9.17) is 4.42 Å². The van der Waals surface area contributed by atoms with Gasteiger partial charge in [-0.05, 0) is 37.1 Å². The Morgan fingerprint density at radius 1 is 1.16 bits per heavy atom. The average Bonchev–Trinajstić information content (AvgIpc) is 3.19. The molecule has 0 radical (unpaired) electrons. The van der Waals surface area contributed by atoms with Crippen molar-refractivity contribution in [3.8, 4) is 0 Å². The molecule has 0 saturated carbocycles. The van der Waals surface area contributed by atoms with Gasteiger partial charge in [-0.25, -0.2) is 4.98 Å². The zero-order valence-electron chi connectivity index (χ0n) is 13.9. The monoisotopic (exact) mass is 336 g/mol. The molecule has 1 N–H and O–H groups in total. The summed E-state index contributed by atoms with van der Waals surface area (Å²) in [6.45, 7) is 2.07. The van der Waals surface area contributed by atoms with Crippen molar-refractivity contribution in [2.45, 2.75) is 19.4 Å². The summed E-state index contributed by atoms with van der Waals surface area (Å²) in [5.41, 5.74) is 1.80. The zero-order valence-corrected chi connectivity index (χ0v) is 13.9. The number of benzene rings is 1. The van der Waals surface area contributed by atoms with Crippen molar-refractivity contribution in [3.05, 3.63) is 54.6 Å². The van der Waals surface area contributed by atoms with E-state index < -0.39 is 0 Å². The quantitative estimate of drug-likeness (QED) is 0.793. The number of hydrogen-bond acceptors (Lipinski definition) is 5. The Morgan fingerprint density at radius 3 is 2.72 bits per heavy atom. The van der Waals surface area contributed by atoms with E-state index in [1.54, 1.807) is 6.26 Å². The molecule has 1 aliphatic rings. The SMILES string of the molecule is O=C(NCc1ccco1)C1CCN(c2cnc3ccccc3n2)CC1. The maximum absolute atomic E-state index is 12.3. The number of furan rings is 1. The van der Waals surface area contributed by atoms with Crippen molar-refractivity contribution >= 4 is 22.8 Å². The molecule has 3 aromatic rings. The van der Waals surface area contributed by atoms with Gasteiger partial charge in [-0.15, -0.1) is 0 Å². The lowest BCUT2D eigenvalue weighted by atomic mass is 9.96. The van der Waals surface area contributed by atoms with Gasteiger partial charge in [0.25, 0.3) is 0 Å². The average molecular weight is 336 g/mol. The molecular weight excluding hydrogens is 316 g/mol. The fraction of sp³-hybridized carbons (Fsp3) is 0.316. The predicted molar refractivity (Wildman–Crippen MR) is 95.0 cm³/mol. The van der Waals surface area contributed by atoms with Crippen molar-refractivity contribution in [2.75, 3.05) is 18.0 Å². The highest BCUT2D eigenvalue weighted by Crippen LogP contribution is 2.23. The minimum Gasteiger partial charge on any atom is -0.467 e. The van der Waals surface area contributed by atoms with E-state index >= 15 is 0 Å². The maximum atomic E-state index is 12.3. The molecule has 3 heterocycles. The largest absolute Gasteiger partial charge is 0.467 e. The number of rotatable bonds is 4. The van der Waals surface area contributed by atoms with Gasteiger partial charge in [0.05, 0.1) is 30.0 Å². The lowest BCUT2D eigenvalue weighted by molar-refractivity contribution is -0.125. The van der Waals surface area contributed by atoms with E-state index in [2.05, 4.69) is 20.2 Å². The summed E-state index contributed by atoms with van der Waals surface area (Å²) in [5, 5.41) is 2.95. The summed E-state index contributed by atoms with van der Waals surface area (Å²) in [7, 11) is 0. The Kier molecular flexibility index (Phi) is 4.33. The van der Waals surface area contributed by atoms with Crippen LogP contribution >= 0.6 is 0 Å². The summed E-state index contributed by atoms with van der Waals surface area (Å²) in [6, 6.07) is 11.5. The molecule has 4 rings (SSSR count). The molecule has 0 unspecified atom stereocenters. The summed E-state index contributed by atoms with van der Waals surface area (Å²) in [6.07, 6.45) is 5.07. The molecule has 1 amide bonds. The molecule has 6 heteroatoms. The maximum Gasteiger partial charge on any atom is 0.223 e. The number of amides is 1. The fourth-order valence-corrected chi connectivity index (χ4v) is 3.20. The predicted octanol–water partition coefficient (Wildman–Crippen LogP) is 2.76. The molecule has 0 bridgehead atoms. The molecular formula is C19H20N4O2. The van der Waals surface area contributed by atoms with Gasteiger partial charge in [-0.3, -0.25) is 9.78 Å². The second-order valence-corrected chi connectivity index (χ2v) is 6.28. The molecule has 25 heavy (non-hydrogen) atoms. The van der Waals surface area contributed by atoms with Crippen LogP contribution in [0.4, 0.5) is 5.82 Å². The molecule has 1 fully saturated rings. The number of fused-ring (bicyclic) bond motifs is 1. The number of carbonyl (C=O) groups is 1. The van der Waals surface area contributed by atoms with Crippen molar-refractivity contribution in [1.82, 2.24) is 15.3 Å². The van der Waals surface area contributed by atoms with Gasteiger partial charge in [-0.1, -0.05) is 12.1 Å². The van der Waals surface area contributed by atoms with E-state index in [0.29, 0.717) is 6.54 Å². The van der Waals surface area contributed by atoms with Crippen LogP contribution < -0.4 is 10.2 Å². The van der Waals surface area contributed by atoms with Crippen LogP contribution in [0.5, 0.6) is 0 Å². The fourth-order valence-electron chi connectivity index (χ4n) is 3.20. The van der Waals surface area contributed by atoms with Crippen LogP contribution in [0, 0.1) is 5.92 Å². The lowest BCUT2D eigenvalue weighted by Crippen LogP contribution is -2.40. The molecule has 1 aliphatic heterocycles. The van der Waals surface area contributed by atoms with Gasteiger partial charge >= 0.3 is 0 Å². The van der Waals surface area contributed by atoms with E-state index in [9.17, 15) is 4.79 Å². The second-order valence-electron chi connectivity index (χ2n) is 6.28. The van der Waals surface area contributed by atoms with Crippen molar-refractivity contribution < 1.29 is 9.21 Å². The smallest absolute Gasteiger partial charge is 0.223 e. The van der Waals surface area contributed by atoms with Gasteiger partial charge in [0.15, 0.2) is 0 Å². The minimum absolute atomic E-state index is 0.0413. The number of nitrogens with one attached hydrogen (secondary N) is 1. The van der Waals surface area contributed by atoms with Crippen molar-refractivity contribution in [2.24, 2.45) is 5.92 Å². The highest BCUT2D eigenvalue weighted by molar-refractivity contribution is 5.79. The Bertz CT molecular complexity index is 855. The van der Waals surface area contributed by atoms with Gasteiger partial charge in [-0.2, -0.15) is 0 Å². The number of piperidine rings is 1. The number of carbonyl (C=O) groups excluding carboxylic acids is 1. The van der Waals surface area contributed by atoms with Gasteiger partial charge in [0.2, 0.25) is 5.91 Å². The van der Waals surface area contributed by atoms with E-state index in [0.717, 1.165) is 48.5 Å². The molecule has 6 nitrogen and oxygen atoms in total. The molecule has 0 aliphatic carbocycles. The summed E-state index contributed by atoms with van der Waals surface area (Å²) >= 11 is 0. The third kappa shape index (κ3) is 3.47. The Balaban J connectivity index is 1.34. The van der Waals surface area contributed by atoms with Crippen LogP contribution in [0.3, 0.4) is 0 Å². The zero-order chi connectivity index (χ0) is 17.1. The van der Waals surface area contributed by atoms with E-state index in [1.807, 2.05) is 42.6 Å². The summed E-state index contributed by atoms with van der Waals surface area (Å²) in [4.78, 5) is 23.7. The minimum atomic E-state index is 0.0413. The lowest BCUT2D eigenvalue weighted by Gasteiger charge is -2.32. The highest BCUT2D eigenvalue weighted by atomic mass is 16.3. The van der Waals surface area contributed by atoms with Crippen LogP contribution in [-0.4, -0.2) is 29.0 Å². The van der Waals surface area contributed by atoms with Crippen LogP contribution in [0.25, 0.3) is 11.0 Å². The Morgan fingerprint density at radius 2 is 1.96 bits per heavy atom. The van der Waals surface area contributed by atoms with Crippen LogP contribution in [0.2, 0.25) is 0 Å². The first-order valence-corrected chi connectivity index (χ1v) is 8.56. The van der Waals surface area contributed by atoms with Crippen LogP contribution in [-0.2, 0) is 11.3 Å². The molecule has 0 atom stereocenters. The number of nitrogens with zero attached hydrogens (tertiary/aromatic N) is 3. The third-order valence-corrected chi connectivity index (χ3v) is 4.64. The second kappa shape index (κ2) is 6.93. The van der Waals surface area contributed by atoms with E-state index in [-0.39, 0.29) is 11.8 Å². The van der Waals surface area contributed by atoms with Crippen LogP contribution in [0.15, 0.2) is 53.3 Å². The number of aromatic nitrogens is 2. The van der Waals surface area contributed by atoms with Crippen LogP contribution in [0.1, 0.15) is 18.6 Å². The molecule has 1 aromatic carbocycles. The van der Waals surface area contributed by atoms with Crippen molar-refractivity contribution in [1.29, 1.82) is 0 Å². The number of para-hydroxylation sites is 2. The standard InChI is InChI=1S/C19H20N4O2/c24-19(21-12-15-4-3-11-25-15)14-7-9-23(10-8-14)18-13-20-16-5-1-2-6-17(16)22-18/h1-6,11,13-14H,7-10,12H2,(H,21,24). The Labute approximate surface area is 145 Å². The van der Waals surface area contributed by atoms with Gasteiger partial charge in [0.1, 0.15) is 11.6 Å². The third-order valence-electron chi connectivity index (χ3n) is 4.64. The summed E-state index contributed by atoms with van der Waals surface area (Å²) < 4.78 is 5.24. The van der Waals surface area contributed by atoms with E-state index in [1.165, 1.54) is 0 Å². The van der Waals surface area contributed by atoms with Crippen molar-refractivity contribution in [3.63, 3.8) is 0 Å². The first kappa shape index (κ1) is 15.6. The first-order chi connectivity index (χ1) is 12.3. The normalized spacial score (nSPS) is 15.4. The topological polar surface area (TPSA) is 71.3 Å². The number of anilines is 1.